The number of H-pyrrole nitrogens is 2. The van der Waals surface area contributed by atoms with Crippen LogP contribution >= 0.6 is 11.6 Å². The number of benzene rings is 1. The van der Waals surface area contributed by atoms with Gasteiger partial charge in [0.25, 0.3) is 5.56 Å². The van der Waals surface area contributed by atoms with E-state index in [1.807, 2.05) is 30.3 Å². The molecule has 0 aliphatic carbocycles. The van der Waals surface area contributed by atoms with Crippen LogP contribution in [-0.2, 0) is 19.5 Å². The lowest BCUT2D eigenvalue weighted by Crippen LogP contribution is -2.35. The van der Waals surface area contributed by atoms with Crippen LogP contribution in [0, 0.1) is 0 Å². The van der Waals surface area contributed by atoms with Crippen molar-refractivity contribution in [3.63, 3.8) is 0 Å². The minimum absolute atomic E-state index is 0.135. The molecular weight excluding hydrogens is 402 g/mol. The molecule has 0 amide bonds. The molecule has 0 saturated carbocycles. The maximum atomic E-state index is 12.7. The van der Waals surface area contributed by atoms with E-state index in [0.717, 1.165) is 29.3 Å². The first-order valence-corrected chi connectivity index (χ1v) is 9.95. The summed E-state index contributed by atoms with van der Waals surface area (Å²) in [6.07, 6.45) is 5.40. The second-order valence-corrected chi connectivity index (χ2v) is 7.51. The fourth-order valence-electron chi connectivity index (χ4n) is 3.62. The second-order valence-electron chi connectivity index (χ2n) is 7.15. The molecule has 30 heavy (non-hydrogen) atoms. The fraction of sp³-hybridized carbons (Fsp3) is 0.190. The van der Waals surface area contributed by atoms with Crippen molar-refractivity contribution in [3.05, 3.63) is 81.5 Å². The summed E-state index contributed by atoms with van der Waals surface area (Å²) in [5, 5.41) is 0.450. The minimum atomic E-state index is -0.135. The van der Waals surface area contributed by atoms with Crippen molar-refractivity contribution in [2.45, 2.75) is 19.5 Å². The van der Waals surface area contributed by atoms with Crippen LogP contribution in [0.25, 0.3) is 22.8 Å². The van der Waals surface area contributed by atoms with E-state index in [-0.39, 0.29) is 5.56 Å². The van der Waals surface area contributed by atoms with E-state index in [2.05, 4.69) is 34.8 Å². The zero-order chi connectivity index (χ0) is 20.5. The number of nitrogens with zero attached hydrogens (tertiary/aromatic N) is 5. The van der Waals surface area contributed by atoms with Crippen LogP contribution in [-0.4, -0.2) is 41.3 Å². The number of hydrogen-bond donors (Lipinski definition) is 2. The van der Waals surface area contributed by atoms with E-state index < -0.39 is 0 Å². The van der Waals surface area contributed by atoms with Gasteiger partial charge in [-0.15, -0.1) is 0 Å². The molecule has 4 aromatic rings. The van der Waals surface area contributed by atoms with Crippen molar-refractivity contribution in [1.29, 1.82) is 0 Å². The highest BCUT2D eigenvalue weighted by Gasteiger charge is 2.23. The normalized spacial score (nSPS) is 13.9. The van der Waals surface area contributed by atoms with E-state index in [1.165, 1.54) is 6.33 Å². The molecule has 0 atom stereocenters. The Balaban J connectivity index is 1.37. The number of hydrogen-bond acceptors (Lipinski definition) is 6. The molecule has 0 saturated heterocycles. The molecule has 0 bridgehead atoms. The monoisotopic (exact) mass is 419 g/mol. The van der Waals surface area contributed by atoms with Gasteiger partial charge in [-0.1, -0.05) is 41.9 Å². The molecule has 1 aromatic carbocycles. The van der Waals surface area contributed by atoms with Gasteiger partial charge in [0.2, 0.25) is 0 Å². The molecule has 0 unspecified atom stereocenters. The first-order chi connectivity index (χ1) is 14.7. The van der Waals surface area contributed by atoms with Gasteiger partial charge < -0.3 is 9.97 Å². The zero-order valence-corrected chi connectivity index (χ0v) is 16.7. The van der Waals surface area contributed by atoms with Gasteiger partial charge in [0.05, 0.1) is 22.5 Å². The van der Waals surface area contributed by atoms with E-state index in [9.17, 15) is 4.79 Å². The number of fused-ring (bicyclic) bond motifs is 1. The van der Waals surface area contributed by atoms with Gasteiger partial charge in [-0.25, -0.2) is 19.9 Å². The molecule has 150 valence electrons. The molecule has 3 aromatic heterocycles. The smallest absolute Gasteiger partial charge is 0.255 e. The van der Waals surface area contributed by atoms with Gasteiger partial charge >= 0.3 is 0 Å². The molecule has 1 aliphatic heterocycles. The van der Waals surface area contributed by atoms with Crippen molar-refractivity contribution < 1.29 is 0 Å². The molecule has 1 aliphatic rings. The van der Waals surface area contributed by atoms with Crippen molar-refractivity contribution in [3.8, 4) is 22.8 Å². The molecule has 9 heteroatoms. The maximum absolute atomic E-state index is 12.7. The summed E-state index contributed by atoms with van der Waals surface area (Å²) in [6, 6.07) is 9.85. The number of aromatic nitrogens is 6. The van der Waals surface area contributed by atoms with Crippen LogP contribution < -0.4 is 5.56 Å². The average Bonchev–Trinajstić information content (AvgIpc) is 3.15. The molecule has 0 radical (unpaired) electrons. The van der Waals surface area contributed by atoms with Crippen molar-refractivity contribution in [2.75, 3.05) is 6.54 Å². The van der Waals surface area contributed by atoms with Gasteiger partial charge in [0, 0.05) is 44.0 Å². The topological polar surface area (TPSA) is 103 Å². The summed E-state index contributed by atoms with van der Waals surface area (Å²) >= 11 is 6.37. The largest absolute Gasteiger partial charge is 0.339 e. The Bertz CT molecular complexity index is 1240. The van der Waals surface area contributed by atoms with E-state index in [0.29, 0.717) is 41.6 Å². The van der Waals surface area contributed by atoms with Gasteiger partial charge in [-0.3, -0.25) is 9.69 Å². The first kappa shape index (κ1) is 18.7. The summed E-state index contributed by atoms with van der Waals surface area (Å²) in [5.41, 5.74) is 3.87. The Kier molecular flexibility index (Phi) is 4.86. The molecular formula is C21H18ClN7O. The standard InChI is InChI=1S/C21H18ClN7O/c22-18-17(26-19(27-18)13-4-2-1-3-5-13)11-29-7-6-16-15(10-29)21(30)28-20(25-16)14-8-23-12-24-9-14/h1-5,8-9,12H,6-7,10-11H2,(H,26,27)(H,25,28,30). The lowest BCUT2D eigenvalue weighted by atomic mass is 10.1. The lowest BCUT2D eigenvalue weighted by Gasteiger charge is -2.27. The van der Waals surface area contributed by atoms with Gasteiger partial charge in [-0.05, 0) is 0 Å². The summed E-state index contributed by atoms with van der Waals surface area (Å²) in [7, 11) is 0. The summed E-state index contributed by atoms with van der Waals surface area (Å²) < 4.78 is 0. The predicted molar refractivity (Wildman–Crippen MR) is 113 cm³/mol. The quantitative estimate of drug-likeness (QED) is 0.527. The highest BCUT2D eigenvalue weighted by Crippen LogP contribution is 2.24. The van der Waals surface area contributed by atoms with Crippen molar-refractivity contribution in [1.82, 2.24) is 34.8 Å². The van der Waals surface area contributed by atoms with Crippen LogP contribution in [0.5, 0.6) is 0 Å². The van der Waals surface area contributed by atoms with Gasteiger partial charge in [0.15, 0.2) is 5.15 Å². The Morgan fingerprint density at radius 1 is 1.00 bits per heavy atom. The number of imidazole rings is 1. The van der Waals surface area contributed by atoms with Crippen LogP contribution in [0.15, 0.2) is 53.8 Å². The third-order valence-corrected chi connectivity index (χ3v) is 5.45. The van der Waals surface area contributed by atoms with Gasteiger partial charge in [0.1, 0.15) is 18.0 Å². The Morgan fingerprint density at radius 2 is 1.77 bits per heavy atom. The number of rotatable bonds is 4. The Labute approximate surface area is 177 Å². The van der Waals surface area contributed by atoms with E-state index in [4.69, 9.17) is 11.6 Å². The highest BCUT2D eigenvalue weighted by atomic mass is 35.5. The summed E-state index contributed by atoms with van der Waals surface area (Å²) in [6.45, 7) is 1.84. The molecule has 8 nitrogen and oxygen atoms in total. The maximum Gasteiger partial charge on any atom is 0.255 e. The Morgan fingerprint density at radius 3 is 2.57 bits per heavy atom. The average molecular weight is 420 g/mol. The number of nitrogens with one attached hydrogen (secondary N) is 2. The molecule has 4 heterocycles. The molecule has 0 fully saturated rings. The van der Waals surface area contributed by atoms with Crippen molar-refractivity contribution >= 4 is 11.6 Å². The van der Waals surface area contributed by atoms with Gasteiger partial charge in [-0.2, -0.15) is 0 Å². The van der Waals surface area contributed by atoms with E-state index in [1.54, 1.807) is 12.4 Å². The van der Waals surface area contributed by atoms with E-state index >= 15 is 0 Å². The summed E-state index contributed by atoms with van der Waals surface area (Å²) in [5.74, 6) is 1.24. The Hall–Kier alpha value is -3.36. The van der Waals surface area contributed by atoms with Crippen LogP contribution in [0.3, 0.4) is 0 Å². The van der Waals surface area contributed by atoms with Crippen LogP contribution in [0.4, 0.5) is 0 Å². The zero-order valence-electron chi connectivity index (χ0n) is 16.0. The number of halogens is 1. The summed E-state index contributed by atoms with van der Waals surface area (Å²) in [4.78, 5) is 38.1. The predicted octanol–water partition coefficient (Wildman–Crippen LogP) is 2.83. The third kappa shape index (κ3) is 3.62. The molecule has 0 spiro atoms. The molecule has 5 rings (SSSR count). The third-order valence-electron chi connectivity index (χ3n) is 5.14. The number of aromatic amines is 2. The van der Waals surface area contributed by atoms with Crippen LogP contribution in [0.1, 0.15) is 17.0 Å². The van der Waals surface area contributed by atoms with Crippen molar-refractivity contribution in [2.24, 2.45) is 0 Å². The first-order valence-electron chi connectivity index (χ1n) is 9.57. The lowest BCUT2D eigenvalue weighted by molar-refractivity contribution is 0.239. The second kappa shape index (κ2) is 7.81. The molecule has 2 N–H and O–H groups in total. The SMILES string of the molecule is O=c1[nH]c(-c2cncnc2)nc2c1CN(Cc1[nH]c(-c3ccccc3)nc1Cl)CC2. The fourth-order valence-corrected chi connectivity index (χ4v) is 3.81. The van der Waals surface area contributed by atoms with Crippen LogP contribution in [0.2, 0.25) is 5.15 Å². The minimum Gasteiger partial charge on any atom is -0.339 e. The highest BCUT2D eigenvalue weighted by molar-refractivity contribution is 6.30.